The maximum Gasteiger partial charge on any atom is 0.252 e. The van der Waals surface area contributed by atoms with E-state index in [9.17, 15) is 8.42 Å². The lowest BCUT2D eigenvalue weighted by Crippen LogP contribution is -2.43. The summed E-state index contributed by atoms with van der Waals surface area (Å²) in [5.41, 5.74) is 1.05. The van der Waals surface area contributed by atoms with E-state index < -0.39 is 10.0 Å². The van der Waals surface area contributed by atoms with Crippen LogP contribution < -0.4 is 5.32 Å². The van der Waals surface area contributed by atoms with E-state index in [4.69, 9.17) is 0 Å². The second-order valence-electron chi connectivity index (χ2n) is 5.28. The lowest BCUT2D eigenvalue weighted by atomic mass is 10.3. The minimum absolute atomic E-state index is 0.353. The maximum absolute atomic E-state index is 12.8. The van der Waals surface area contributed by atoms with Crippen molar-refractivity contribution in [2.75, 3.05) is 20.1 Å². The Bertz CT molecular complexity index is 558. The van der Waals surface area contributed by atoms with Gasteiger partial charge in [-0.25, -0.2) is 8.42 Å². The van der Waals surface area contributed by atoms with Gasteiger partial charge in [-0.15, -0.1) is 11.3 Å². The fraction of sp³-hybridized carbons (Fsp3) is 0.692. The fourth-order valence-corrected chi connectivity index (χ4v) is 7.29. The highest BCUT2D eigenvalue weighted by Crippen LogP contribution is 2.32. The minimum Gasteiger partial charge on any atom is -0.315 e. The van der Waals surface area contributed by atoms with Gasteiger partial charge in [0.15, 0.2) is 0 Å². The molecule has 0 amide bonds. The van der Waals surface area contributed by atoms with E-state index in [0.29, 0.717) is 34.3 Å². The van der Waals surface area contributed by atoms with Crippen molar-refractivity contribution in [3.8, 4) is 0 Å². The monoisotopic (exact) mass is 334 g/mol. The number of sulfonamides is 1. The van der Waals surface area contributed by atoms with Crippen molar-refractivity contribution in [1.29, 1.82) is 0 Å². The summed E-state index contributed by atoms with van der Waals surface area (Å²) >= 11 is 3.25. The Balaban J connectivity index is 2.27. The van der Waals surface area contributed by atoms with Crippen LogP contribution in [0.1, 0.15) is 24.3 Å². The van der Waals surface area contributed by atoms with Crippen molar-refractivity contribution >= 4 is 33.1 Å². The highest BCUT2D eigenvalue weighted by Gasteiger charge is 2.33. The molecule has 0 bridgehead atoms. The highest BCUT2D eigenvalue weighted by molar-refractivity contribution is 8.00. The van der Waals surface area contributed by atoms with E-state index >= 15 is 0 Å². The summed E-state index contributed by atoms with van der Waals surface area (Å²) in [6.45, 7) is 8.09. The highest BCUT2D eigenvalue weighted by atomic mass is 32.2. The summed E-state index contributed by atoms with van der Waals surface area (Å²) in [4.78, 5) is 1.10. The van der Waals surface area contributed by atoms with Crippen molar-refractivity contribution in [3.63, 3.8) is 0 Å². The first kappa shape index (κ1) is 16.3. The molecule has 2 heterocycles. The van der Waals surface area contributed by atoms with Crippen molar-refractivity contribution in [3.05, 3.63) is 16.5 Å². The van der Waals surface area contributed by atoms with Crippen LogP contribution in [0.2, 0.25) is 0 Å². The van der Waals surface area contributed by atoms with Gasteiger partial charge in [0.1, 0.15) is 4.21 Å². The first-order chi connectivity index (χ1) is 9.34. The first-order valence-electron chi connectivity index (χ1n) is 6.74. The van der Waals surface area contributed by atoms with Gasteiger partial charge in [-0.3, -0.25) is 0 Å². The van der Waals surface area contributed by atoms with E-state index in [0.717, 1.165) is 10.4 Å². The number of hydrogen-bond donors (Lipinski definition) is 1. The van der Waals surface area contributed by atoms with Crippen LogP contribution >= 0.6 is 23.1 Å². The third kappa shape index (κ3) is 3.39. The summed E-state index contributed by atoms with van der Waals surface area (Å²) in [5.74, 6) is 0. The van der Waals surface area contributed by atoms with E-state index in [2.05, 4.69) is 19.2 Å². The van der Waals surface area contributed by atoms with Gasteiger partial charge < -0.3 is 5.32 Å². The fourth-order valence-electron chi connectivity index (χ4n) is 2.41. The Labute approximate surface area is 130 Å². The average Bonchev–Trinajstić information content (AvgIpc) is 2.71. The van der Waals surface area contributed by atoms with Gasteiger partial charge in [0.2, 0.25) is 0 Å². The number of nitrogens with one attached hydrogen (secondary N) is 1. The Morgan fingerprint density at radius 1 is 1.35 bits per heavy atom. The first-order valence-corrected chi connectivity index (χ1v) is 9.94. The third-order valence-electron chi connectivity index (χ3n) is 3.32. The maximum atomic E-state index is 12.8. The molecule has 0 radical (unpaired) electrons. The Morgan fingerprint density at radius 2 is 1.95 bits per heavy atom. The molecule has 1 aliphatic rings. The molecule has 0 aromatic carbocycles. The topological polar surface area (TPSA) is 49.4 Å². The van der Waals surface area contributed by atoms with Gasteiger partial charge in [0.25, 0.3) is 10.0 Å². The molecule has 1 aliphatic heterocycles. The van der Waals surface area contributed by atoms with Gasteiger partial charge in [-0.05, 0) is 25.6 Å². The van der Waals surface area contributed by atoms with Crippen LogP contribution in [-0.4, -0.2) is 43.4 Å². The number of nitrogens with zero attached hydrogens (tertiary/aromatic N) is 1. The summed E-state index contributed by atoms with van der Waals surface area (Å²) in [7, 11) is -1.46. The summed E-state index contributed by atoms with van der Waals surface area (Å²) < 4.78 is 27.6. The molecule has 2 rings (SSSR count). The van der Waals surface area contributed by atoms with Crippen molar-refractivity contribution in [1.82, 2.24) is 9.62 Å². The quantitative estimate of drug-likeness (QED) is 0.918. The normalized spacial score (nSPS) is 25.0. The van der Waals surface area contributed by atoms with Crippen LogP contribution in [0.3, 0.4) is 0 Å². The van der Waals surface area contributed by atoms with Crippen molar-refractivity contribution < 1.29 is 8.42 Å². The molecule has 7 heteroatoms. The Hall–Kier alpha value is -0.0800. The van der Waals surface area contributed by atoms with Gasteiger partial charge in [0, 0.05) is 35.0 Å². The number of aryl methyl sites for hydroxylation is 1. The zero-order chi connectivity index (χ0) is 14.9. The van der Waals surface area contributed by atoms with Gasteiger partial charge in [0.05, 0.1) is 0 Å². The molecule has 0 aliphatic carbocycles. The van der Waals surface area contributed by atoms with E-state index in [1.165, 1.54) is 11.3 Å². The molecule has 114 valence electrons. The van der Waals surface area contributed by atoms with E-state index in [-0.39, 0.29) is 0 Å². The number of hydrogen-bond acceptors (Lipinski definition) is 5. The van der Waals surface area contributed by atoms with Crippen LogP contribution in [0.25, 0.3) is 0 Å². The molecule has 1 aromatic heterocycles. The SMILES string of the molecule is CNCc1sc(S(=O)(=O)N2CC(C)SC(C)C2)cc1C. The van der Waals surface area contributed by atoms with E-state index in [1.54, 1.807) is 4.31 Å². The molecule has 2 unspecified atom stereocenters. The lowest BCUT2D eigenvalue weighted by molar-refractivity contribution is 0.406. The molecule has 20 heavy (non-hydrogen) atoms. The smallest absolute Gasteiger partial charge is 0.252 e. The van der Waals surface area contributed by atoms with E-state index in [1.807, 2.05) is 31.8 Å². The molecule has 0 saturated carbocycles. The number of rotatable bonds is 4. The van der Waals surface area contributed by atoms with Crippen LogP contribution in [0.4, 0.5) is 0 Å². The molecular weight excluding hydrogens is 312 g/mol. The largest absolute Gasteiger partial charge is 0.315 e. The van der Waals surface area contributed by atoms with Gasteiger partial charge >= 0.3 is 0 Å². The molecule has 1 aromatic rings. The van der Waals surface area contributed by atoms with Crippen molar-refractivity contribution in [2.24, 2.45) is 0 Å². The molecular formula is C13H22N2O2S3. The zero-order valence-electron chi connectivity index (χ0n) is 12.3. The summed E-state index contributed by atoms with van der Waals surface area (Å²) in [5, 5.41) is 3.79. The van der Waals surface area contributed by atoms with Crippen LogP contribution in [-0.2, 0) is 16.6 Å². The van der Waals surface area contributed by atoms with Crippen LogP contribution in [0.5, 0.6) is 0 Å². The van der Waals surface area contributed by atoms with Gasteiger partial charge in [-0.1, -0.05) is 13.8 Å². The molecule has 0 spiro atoms. The average molecular weight is 335 g/mol. The standard InChI is InChI=1S/C13H22N2O2S3/c1-9-5-13(19-12(9)6-14-4)20(16,17)15-7-10(2)18-11(3)8-15/h5,10-11,14H,6-8H2,1-4H3. The van der Waals surface area contributed by atoms with Gasteiger partial charge in [-0.2, -0.15) is 16.1 Å². The third-order valence-corrected chi connectivity index (χ3v) is 8.06. The molecule has 1 N–H and O–H groups in total. The van der Waals surface area contributed by atoms with Crippen molar-refractivity contribution in [2.45, 2.75) is 42.0 Å². The van der Waals surface area contributed by atoms with Crippen LogP contribution in [0, 0.1) is 6.92 Å². The zero-order valence-corrected chi connectivity index (χ0v) is 14.8. The molecule has 4 nitrogen and oxygen atoms in total. The molecule has 2 atom stereocenters. The Morgan fingerprint density at radius 3 is 2.50 bits per heavy atom. The number of thioether (sulfide) groups is 1. The second kappa shape index (κ2) is 6.36. The molecule has 1 fully saturated rings. The summed E-state index contributed by atoms with van der Waals surface area (Å²) in [6, 6.07) is 1.81. The van der Waals surface area contributed by atoms with Crippen LogP contribution in [0.15, 0.2) is 10.3 Å². The Kier molecular flexibility index (Phi) is 5.18. The lowest BCUT2D eigenvalue weighted by Gasteiger charge is -2.33. The predicted octanol–water partition coefficient (Wildman–Crippen LogP) is 2.29. The number of thiophene rings is 1. The molecule has 1 saturated heterocycles. The summed E-state index contributed by atoms with van der Waals surface area (Å²) in [6.07, 6.45) is 0. The second-order valence-corrected chi connectivity index (χ2v) is 10.5. The minimum atomic E-state index is -3.34. The predicted molar refractivity (Wildman–Crippen MR) is 87.1 cm³/mol.